The van der Waals surface area contributed by atoms with Gasteiger partial charge in [-0.1, -0.05) is 11.3 Å². The van der Waals surface area contributed by atoms with Gasteiger partial charge in [-0.3, -0.25) is 0 Å². The van der Waals surface area contributed by atoms with Crippen LogP contribution in [0.4, 0.5) is 0 Å². The van der Waals surface area contributed by atoms with Gasteiger partial charge in [-0.05, 0) is 22.9 Å². The minimum Gasteiger partial charge on any atom is -0.395 e. The van der Waals surface area contributed by atoms with Crippen molar-refractivity contribution in [2.75, 3.05) is 13.2 Å². The molecule has 0 saturated carbocycles. The smallest absolute Gasteiger partial charge is 0.268 e. The van der Waals surface area contributed by atoms with Gasteiger partial charge in [0, 0.05) is 6.54 Å². The summed E-state index contributed by atoms with van der Waals surface area (Å²) < 4.78 is 25.8. The second kappa shape index (κ2) is 4.67. The van der Waals surface area contributed by atoms with E-state index in [9.17, 15) is 8.42 Å². The van der Waals surface area contributed by atoms with Crippen LogP contribution in [0.25, 0.3) is 0 Å². The number of nitrogens with zero attached hydrogens (tertiary/aromatic N) is 1. The Morgan fingerprint density at radius 2 is 2.29 bits per heavy atom. The summed E-state index contributed by atoms with van der Waals surface area (Å²) in [6.45, 7) is 1.48. The van der Waals surface area contributed by atoms with Gasteiger partial charge in [0.2, 0.25) is 4.34 Å². The maximum Gasteiger partial charge on any atom is 0.268 e. The number of nitrogens with one attached hydrogen (secondary N) is 1. The molecule has 1 aromatic rings. The highest BCUT2D eigenvalue weighted by molar-refractivity contribution is 9.11. The Balaban J connectivity index is 2.93. The molecule has 0 amide bonds. The van der Waals surface area contributed by atoms with Crippen LogP contribution in [0.15, 0.2) is 8.13 Å². The summed E-state index contributed by atoms with van der Waals surface area (Å²) >= 11 is 4.24. The van der Waals surface area contributed by atoms with Gasteiger partial charge >= 0.3 is 0 Å². The zero-order valence-corrected chi connectivity index (χ0v) is 10.5. The fourth-order valence-corrected chi connectivity index (χ4v) is 3.72. The van der Waals surface area contributed by atoms with Crippen LogP contribution >= 0.6 is 27.3 Å². The van der Waals surface area contributed by atoms with Gasteiger partial charge in [0.1, 0.15) is 0 Å². The topological polar surface area (TPSA) is 79.3 Å². The van der Waals surface area contributed by atoms with Gasteiger partial charge in [0.25, 0.3) is 10.0 Å². The quantitative estimate of drug-likeness (QED) is 0.848. The van der Waals surface area contributed by atoms with Crippen LogP contribution in [0.3, 0.4) is 0 Å². The number of hydrogen-bond donors (Lipinski definition) is 2. The number of rotatable bonds is 4. The summed E-state index contributed by atoms with van der Waals surface area (Å²) in [6, 6.07) is 0. The highest BCUT2D eigenvalue weighted by Gasteiger charge is 2.19. The maximum atomic E-state index is 11.5. The molecule has 0 aliphatic carbocycles. The first-order valence-corrected chi connectivity index (χ1v) is 6.80. The summed E-state index contributed by atoms with van der Waals surface area (Å²) in [4.78, 5) is 3.87. The van der Waals surface area contributed by atoms with E-state index in [1.165, 1.54) is 0 Å². The van der Waals surface area contributed by atoms with Gasteiger partial charge in [-0.15, -0.1) is 0 Å². The Kier molecular flexibility index (Phi) is 4.02. The molecule has 0 unspecified atom stereocenters. The molecule has 80 valence electrons. The minimum atomic E-state index is -3.56. The average molecular weight is 301 g/mol. The number of aliphatic hydroxyl groups is 1. The summed E-state index contributed by atoms with van der Waals surface area (Å²) in [5, 5.41) is 8.48. The first kappa shape index (κ1) is 12.1. The molecule has 0 aromatic carbocycles. The first-order valence-electron chi connectivity index (χ1n) is 3.71. The van der Waals surface area contributed by atoms with Gasteiger partial charge in [0.15, 0.2) is 0 Å². The number of sulfonamides is 1. The third-order valence-electron chi connectivity index (χ3n) is 1.35. The molecule has 0 aliphatic heterocycles. The number of aromatic nitrogens is 1. The molecular weight excluding hydrogens is 292 g/mol. The monoisotopic (exact) mass is 300 g/mol. The molecule has 1 rings (SSSR count). The minimum absolute atomic E-state index is 0.00141. The van der Waals surface area contributed by atoms with E-state index in [1.54, 1.807) is 6.92 Å². The van der Waals surface area contributed by atoms with Crippen LogP contribution in [-0.4, -0.2) is 31.7 Å². The largest absolute Gasteiger partial charge is 0.395 e. The molecule has 0 spiro atoms. The van der Waals surface area contributed by atoms with E-state index < -0.39 is 10.0 Å². The van der Waals surface area contributed by atoms with Crippen molar-refractivity contribution in [2.45, 2.75) is 11.3 Å². The molecule has 1 aromatic heterocycles. The molecule has 0 bridgehead atoms. The second-order valence-electron chi connectivity index (χ2n) is 2.46. The summed E-state index contributed by atoms with van der Waals surface area (Å²) in [6.07, 6.45) is 0. The lowest BCUT2D eigenvalue weighted by Gasteiger charge is -1.99. The molecule has 0 fully saturated rings. The highest BCUT2D eigenvalue weighted by Crippen LogP contribution is 2.26. The molecule has 0 atom stereocenters. The van der Waals surface area contributed by atoms with Crippen molar-refractivity contribution >= 4 is 37.3 Å². The number of aliphatic hydroxyl groups excluding tert-OH is 1. The standard InChI is InChI=1S/C6H9BrN2O3S2/c1-4-5(7)13-6(9-4)14(11,12)8-2-3-10/h8,10H,2-3H2,1H3. The summed E-state index contributed by atoms with van der Waals surface area (Å²) in [5.74, 6) is 0. The van der Waals surface area contributed by atoms with Crippen LogP contribution in [0.1, 0.15) is 5.69 Å². The third kappa shape index (κ3) is 2.74. The predicted molar refractivity (Wildman–Crippen MR) is 56.8 cm³/mol. The molecule has 1 heterocycles. The first-order chi connectivity index (χ1) is 6.47. The van der Waals surface area contributed by atoms with E-state index in [2.05, 4.69) is 25.6 Å². The van der Waals surface area contributed by atoms with E-state index in [0.717, 1.165) is 11.3 Å². The lowest BCUT2D eigenvalue weighted by atomic mass is 10.6. The Hall–Kier alpha value is -0.0200. The molecule has 8 heteroatoms. The van der Waals surface area contributed by atoms with E-state index in [1.807, 2.05) is 0 Å². The molecule has 5 nitrogen and oxygen atoms in total. The third-order valence-corrected chi connectivity index (χ3v) is 5.20. The SMILES string of the molecule is Cc1nc(S(=O)(=O)NCCO)sc1Br. The Bertz CT molecular complexity index is 395. The number of aryl methyl sites for hydroxylation is 1. The van der Waals surface area contributed by atoms with Crippen LogP contribution in [0.2, 0.25) is 0 Å². The van der Waals surface area contributed by atoms with Gasteiger partial charge in [0.05, 0.1) is 16.1 Å². The molecule has 14 heavy (non-hydrogen) atoms. The predicted octanol–water partition coefficient (Wildman–Crippen LogP) is 0.485. The van der Waals surface area contributed by atoms with Crippen molar-refractivity contribution in [3.05, 3.63) is 9.48 Å². The van der Waals surface area contributed by atoms with E-state index in [4.69, 9.17) is 5.11 Å². The Labute approximate surface area is 94.4 Å². The molecule has 0 saturated heterocycles. The highest BCUT2D eigenvalue weighted by atomic mass is 79.9. The Morgan fingerprint density at radius 1 is 1.64 bits per heavy atom. The van der Waals surface area contributed by atoms with Crippen LogP contribution in [0, 0.1) is 6.92 Å². The number of hydrogen-bond acceptors (Lipinski definition) is 5. The van der Waals surface area contributed by atoms with Gasteiger partial charge in [-0.25, -0.2) is 18.1 Å². The molecule has 0 aliphatic rings. The Morgan fingerprint density at radius 3 is 2.71 bits per heavy atom. The zero-order valence-electron chi connectivity index (χ0n) is 7.32. The van der Waals surface area contributed by atoms with Crippen molar-refractivity contribution in [1.82, 2.24) is 9.71 Å². The zero-order chi connectivity index (χ0) is 10.8. The van der Waals surface area contributed by atoms with Crippen LogP contribution in [0.5, 0.6) is 0 Å². The van der Waals surface area contributed by atoms with Gasteiger partial charge in [-0.2, -0.15) is 0 Å². The van der Waals surface area contributed by atoms with E-state index >= 15 is 0 Å². The van der Waals surface area contributed by atoms with Crippen LogP contribution in [-0.2, 0) is 10.0 Å². The lowest BCUT2D eigenvalue weighted by Crippen LogP contribution is -2.26. The van der Waals surface area contributed by atoms with Gasteiger partial charge < -0.3 is 5.11 Å². The van der Waals surface area contributed by atoms with Crippen molar-refractivity contribution < 1.29 is 13.5 Å². The number of halogens is 1. The van der Waals surface area contributed by atoms with Crippen molar-refractivity contribution in [3.8, 4) is 0 Å². The fourth-order valence-electron chi connectivity index (χ4n) is 0.711. The molecular formula is C6H9BrN2O3S2. The van der Waals surface area contributed by atoms with Crippen molar-refractivity contribution in [3.63, 3.8) is 0 Å². The lowest BCUT2D eigenvalue weighted by molar-refractivity contribution is 0.301. The molecule has 0 radical (unpaired) electrons. The average Bonchev–Trinajstić information content (AvgIpc) is 2.45. The summed E-state index contributed by atoms with van der Waals surface area (Å²) in [5.41, 5.74) is 0.638. The van der Waals surface area contributed by atoms with Crippen molar-refractivity contribution in [1.29, 1.82) is 0 Å². The second-order valence-corrected chi connectivity index (χ2v) is 6.72. The fraction of sp³-hybridized carbons (Fsp3) is 0.500. The summed E-state index contributed by atoms with van der Waals surface area (Å²) in [7, 11) is -3.56. The number of thiazole rings is 1. The maximum absolute atomic E-state index is 11.5. The van der Waals surface area contributed by atoms with Crippen LogP contribution < -0.4 is 4.72 Å². The molecule has 2 N–H and O–H groups in total. The van der Waals surface area contributed by atoms with Crippen molar-refractivity contribution in [2.24, 2.45) is 0 Å². The van der Waals surface area contributed by atoms with E-state index in [-0.39, 0.29) is 17.5 Å². The van der Waals surface area contributed by atoms with E-state index in [0.29, 0.717) is 9.48 Å². The normalized spacial score (nSPS) is 11.9.